The first-order valence-electron chi connectivity index (χ1n) is 6.53. The van der Waals surface area contributed by atoms with Crippen molar-refractivity contribution in [1.29, 1.82) is 0 Å². The summed E-state index contributed by atoms with van der Waals surface area (Å²) in [4.78, 5) is 0. The SMILES string of the molecule is C=CC[C@@H]1[C@@H](CCC2(C)CC2)[C@@H](O)C[C@@H]1O. The van der Waals surface area contributed by atoms with Gasteiger partial charge in [-0.25, -0.2) is 0 Å². The highest BCUT2D eigenvalue weighted by Crippen LogP contribution is 2.51. The van der Waals surface area contributed by atoms with E-state index in [1.54, 1.807) is 0 Å². The molecule has 0 spiro atoms. The summed E-state index contributed by atoms with van der Waals surface area (Å²) in [5.74, 6) is 0.514. The summed E-state index contributed by atoms with van der Waals surface area (Å²) in [6.07, 6.45) is 7.57. The Hall–Kier alpha value is -0.340. The van der Waals surface area contributed by atoms with Crippen LogP contribution in [-0.4, -0.2) is 22.4 Å². The molecule has 16 heavy (non-hydrogen) atoms. The predicted molar refractivity (Wildman–Crippen MR) is 65.0 cm³/mol. The van der Waals surface area contributed by atoms with Crippen LogP contribution in [-0.2, 0) is 0 Å². The molecule has 0 aromatic carbocycles. The van der Waals surface area contributed by atoms with Gasteiger partial charge in [-0.1, -0.05) is 13.0 Å². The molecular formula is C14H24O2. The standard InChI is InChI=1S/C14H24O2/c1-3-4-10-11(13(16)9-12(10)15)5-6-14(2)7-8-14/h3,10-13,15-16H,1,4-9H2,2H3/t10-,11-,12+,13+/m1/s1. The smallest absolute Gasteiger partial charge is 0.0599 e. The fourth-order valence-electron chi connectivity index (χ4n) is 3.08. The lowest BCUT2D eigenvalue weighted by atomic mass is 9.84. The van der Waals surface area contributed by atoms with E-state index >= 15 is 0 Å². The Balaban J connectivity index is 1.90. The average Bonchev–Trinajstić information content (AvgIpc) is 2.89. The van der Waals surface area contributed by atoms with Gasteiger partial charge < -0.3 is 10.2 Å². The molecule has 2 aliphatic rings. The molecule has 2 nitrogen and oxygen atoms in total. The Labute approximate surface area is 98.4 Å². The molecule has 0 aromatic heterocycles. The molecule has 2 fully saturated rings. The van der Waals surface area contributed by atoms with Gasteiger partial charge in [0.1, 0.15) is 0 Å². The minimum Gasteiger partial charge on any atom is -0.393 e. The van der Waals surface area contributed by atoms with Crippen LogP contribution in [0.2, 0.25) is 0 Å². The third-order valence-corrected chi connectivity index (χ3v) is 4.64. The topological polar surface area (TPSA) is 40.5 Å². The van der Waals surface area contributed by atoms with Crippen LogP contribution in [0.15, 0.2) is 12.7 Å². The van der Waals surface area contributed by atoms with Crippen molar-refractivity contribution in [1.82, 2.24) is 0 Å². The Morgan fingerprint density at radius 1 is 1.25 bits per heavy atom. The first-order valence-corrected chi connectivity index (χ1v) is 6.53. The maximum atomic E-state index is 9.98. The number of aliphatic hydroxyl groups is 2. The van der Waals surface area contributed by atoms with E-state index in [-0.39, 0.29) is 24.0 Å². The summed E-state index contributed by atoms with van der Waals surface area (Å²) in [5, 5.41) is 19.9. The van der Waals surface area contributed by atoms with Crippen LogP contribution in [0.4, 0.5) is 0 Å². The largest absolute Gasteiger partial charge is 0.393 e. The lowest BCUT2D eigenvalue weighted by Crippen LogP contribution is -2.22. The number of rotatable bonds is 5. The first kappa shape index (κ1) is 12.1. The van der Waals surface area contributed by atoms with E-state index in [0.29, 0.717) is 11.8 Å². The van der Waals surface area contributed by atoms with Gasteiger partial charge in [-0.3, -0.25) is 0 Å². The van der Waals surface area contributed by atoms with Crippen molar-refractivity contribution in [2.75, 3.05) is 0 Å². The van der Waals surface area contributed by atoms with Crippen LogP contribution < -0.4 is 0 Å². The summed E-state index contributed by atoms with van der Waals surface area (Å²) >= 11 is 0. The van der Waals surface area contributed by atoms with Crippen LogP contribution in [0.3, 0.4) is 0 Å². The molecule has 0 amide bonds. The van der Waals surface area contributed by atoms with E-state index in [9.17, 15) is 10.2 Å². The fraction of sp³-hybridized carbons (Fsp3) is 0.857. The molecule has 0 unspecified atom stereocenters. The van der Waals surface area contributed by atoms with Gasteiger partial charge in [-0.05, 0) is 55.8 Å². The summed E-state index contributed by atoms with van der Waals surface area (Å²) < 4.78 is 0. The van der Waals surface area contributed by atoms with Crippen LogP contribution in [0, 0.1) is 17.3 Å². The van der Waals surface area contributed by atoms with Gasteiger partial charge in [0.25, 0.3) is 0 Å². The van der Waals surface area contributed by atoms with Crippen molar-refractivity contribution in [2.45, 2.75) is 57.7 Å². The molecule has 0 radical (unpaired) electrons. The van der Waals surface area contributed by atoms with Crippen LogP contribution >= 0.6 is 0 Å². The molecule has 0 aromatic rings. The molecule has 0 aliphatic heterocycles. The highest BCUT2D eigenvalue weighted by Gasteiger charge is 2.43. The number of aliphatic hydroxyl groups excluding tert-OH is 2. The number of hydrogen-bond acceptors (Lipinski definition) is 2. The quantitative estimate of drug-likeness (QED) is 0.704. The van der Waals surface area contributed by atoms with E-state index in [1.807, 2.05) is 6.08 Å². The van der Waals surface area contributed by atoms with Crippen LogP contribution in [0.5, 0.6) is 0 Å². The molecule has 2 aliphatic carbocycles. The van der Waals surface area contributed by atoms with Gasteiger partial charge >= 0.3 is 0 Å². The molecule has 0 saturated heterocycles. The van der Waals surface area contributed by atoms with Crippen LogP contribution in [0.1, 0.15) is 45.4 Å². The summed E-state index contributed by atoms with van der Waals surface area (Å²) in [6.45, 7) is 6.07. The summed E-state index contributed by atoms with van der Waals surface area (Å²) in [6, 6.07) is 0. The number of allylic oxidation sites excluding steroid dienone is 1. The fourth-order valence-corrected chi connectivity index (χ4v) is 3.08. The summed E-state index contributed by atoms with van der Waals surface area (Å²) in [5.41, 5.74) is 0.548. The molecule has 92 valence electrons. The Morgan fingerprint density at radius 2 is 1.88 bits per heavy atom. The van der Waals surface area contributed by atoms with Crippen LogP contribution in [0.25, 0.3) is 0 Å². The van der Waals surface area contributed by atoms with E-state index in [4.69, 9.17) is 0 Å². The highest BCUT2D eigenvalue weighted by atomic mass is 16.3. The lowest BCUT2D eigenvalue weighted by molar-refractivity contribution is 0.104. The average molecular weight is 224 g/mol. The third kappa shape index (κ3) is 2.49. The first-order chi connectivity index (χ1) is 7.56. The van der Waals surface area contributed by atoms with Crippen molar-refractivity contribution >= 4 is 0 Å². The second-order valence-corrected chi connectivity index (χ2v) is 6.07. The van der Waals surface area contributed by atoms with Gasteiger partial charge in [0.15, 0.2) is 0 Å². The molecule has 4 atom stereocenters. The van der Waals surface area contributed by atoms with Crippen molar-refractivity contribution in [3.8, 4) is 0 Å². The maximum Gasteiger partial charge on any atom is 0.0599 e. The van der Waals surface area contributed by atoms with E-state index in [0.717, 1.165) is 12.8 Å². The van der Waals surface area contributed by atoms with E-state index in [2.05, 4.69) is 13.5 Å². The molecule has 2 N–H and O–H groups in total. The van der Waals surface area contributed by atoms with Gasteiger partial charge in [0.2, 0.25) is 0 Å². The Kier molecular flexibility index (Phi) is 3.41. The monoisotopic (exact) mass is 224 g/mol. The molecule has 2 rings (SSSR count). The normalized spacial score (nSPS) is 40.9. The molecular weight excluding hydrogens is 200 g/mol. The van der Waals surface area contributed by atoms with Crippen molar-refractivity contribution in [3.05, 3.63) is 12.7 Å². The second kappa shape index (κ2) is 4.50. The number of hydrogen-bond donors (Lipinski definition) is 2. The predicted octanol–water partition coefficient (Wildman–Crippen LogP) is 2.50. The van der Waals surface area contributed by atoms with Gasteiger partial charge in [0, 0.05) is 0 Å². The van der Waals surface area contributed by atoms with Crippen molar-refractivity contribution in [3.63, 3.8) is 0 Å². The van der Waals surface area contributed by atoms with Gasteiger partial charge in [-0.15, -0.1) is 6.58 Å². The van der Waals surface area contributed by atoms with Gasteiger partial charge in [0.05, 0.1) is 12.2 Å². The van der Waals surface area contributed by atoms with Crippen molar-refractivity contribution < 1.29 is 10.2 Å². The third-order valence-electron chi connectivity index (χ3n) is 4.64. The molecule has 0 heterocycles. The zero-order chi connectivity index (χ0) is 11.8. The van der Waals surface area contributed by atoms with Crippen molar-refractivity contribution in [2.24, 2.45) is 17.3 Å². The zero-order valence-corrected chi connectivity index (χ0v) is 10.2. The maximum absolute atomic E-state index is 9.98. The Morgan fingerprint density at radius 3 is 2.44 bits per heavy atom. The van der Waals surface area contributed by atoms with E-state index < -0.39 is 0 Å². The Bertz CT molecular complexity index is 257. The second-order valence-electron chi connectivity index (χ2n) is 6.07. The minimum atomic E-state index is -0.329. The van der Waals surface area contributed by atoms with Gasteiger partial charge in [-0.2, -0.15) is 0 Å². The molecule has 2 saturated carbocycles. The summed E-state index contributed by atoms with van der Waals surface area (Å²) in [7, 11) is 0. The van der Waals surface area contributed by atoms with E-state index in [1.165, 1.54) is 19.3 Å². The highest BCUT2D eigenvalue weighted by molar-refractivity contribution is 4.96. The minimum absolute atomic E-state index is 0.231. The molecule has 0 bridgehead atoms. The zero-order valence-electron chi connectivity index (χ0n) is 10.2. The lowest BCUT2D eigenvalue weighted by Gasteiger charge is -2.23. The molecule has 2 heteroatoms.